The van der Waals surface area contributed by atoms with Crippen LogP contribution >= 0.6 is 0 Å². The second-order valence-corrected chi connectivity index (χ2v) is 36.4. The first-order chi connectivity index (χ1) is 67.2. The number of aliphatic hydroxyl groups excluding tert-OH is 2. The zero-order chi connectivity index (χ0) is 104. The number of aliphatic hydroxyl groups is 2. The van der Waals surface area contributed by atoms with Gasteiger partial charge in [0, 0.05) is 261 Å². The molecule has 9 rings (SSSR count). The van der Waals surface area contributed by atoms with Gasteiger partial charge in [-0.25, -0.2) is 0 Å². The molecule has 5 aromatic rings. The number of hydrogen-bond donors (Lipinski definition) is 16. The molecule has 0 bridgehead atoms. The number of nitrogens with zero attached hydrogens (tertiary/aromatic N) is 17. The molecule has 1 unspecified atom stereocenters. The summed E-state index contributed by atoms with van der Waals surface area (Å²) in [5.74, 6) is -4.68. The van der Waals surface area contributed by atoms with Crippen LogP contribution in [0.1, 0.15) is 101 Å². The Hall–Kier alpha value is -11.5. The van der Waals surface area contributed by atoms with Crippen molar-refractivity contribution >= 4 is 66.6 Å². The van der Waals surface area contributed by atoms with Gasteiger partial charge in [0.05, 0.1) is 103 Å². The van der Waals surface area contributed by atoms with Crippen molar-refractivity contribution in [1.82, 2.24) is 74.3 Å². The average molecular weight is 1970 g/mol. The van der Waals surface area contributed by atoms with Crippen molar-refractivity contribution in [1.29, 1.82) is 0 Å². The summed E-state index contributed by atoms with van der Waals surface area (Å²) in [5, 5.41) is 140. The lowest BCUT2D eigenvalue weighted by Gasteiger charge is -2.39. The second kappa shape index (κ2) is 67.1. The highest BCUT2D eigenvalue weighted by Gasteiger charge is 2.35. The van der Waals surface area contributed by atoms with Crippen LogP contribution in [0.3, 0.4) is 0 Å². The Labute approximate surface area is 830 Å². The Morgan fingerprint density at radius 1 is 0.326 bits per heavy atom. The van der Waals surface area contributed by atoms with Gasteiger partial charge in [-0.05, 0) is 99.7 Å². The number of aromatic hydroxyl groups is 5. The van der Waals surface area contributed by atoms with Crippen molar-refractivity contribution in [3.63, 3.8) is 0 Å². The first-order valence-electron chi connectivity index (χ1n) is 48.3. The molecule has 0 radical (unpaired) electrons. The molecule has 40 nitrogen and oxygen atoms in total. The predicted octanol–water partition coefficient (Wildman–Crippen LogP) is 5.50. The molecule has 16 N–H and O–H groups in total. The van der Waals surface area contributed by atoms with E-state index in [1.165, 1.54) is 0 Å². The number of hydrogen-bond acceptors (Lipinski definition) is 33. The third-order valence-corrected chi connectivity index (χ3v) is 24.0. The lowest BCUT2D eigenvalue weighted by atomic mass is 9.99. The van der Waals surface area contributed by atoms with E-state index in [4.69, 9.17) is 20.4 Å². The summed E-state index contributed by atoms with van der Waals surface area (Å²) < 4.78 is 0. The molecular weight excluding hydrogens is 1820 g/mol. The van der Waals surface area contributed by atoms with E-state index in [9.17, 15) is 84.6 Å². The number of phenolic OH excluding ortho intramolecular Hbond substituents is 5. The average Bonchev–Trinajstić information content (AvgIpc) is 1.67. The summed E-state index contributed by atoms with van der Waals surface area (Å²) >= 11 is 0. The van der Waals surface area contributed by atoms with E-state index in [-0.39, 0.29) is 105 Å². The van der Waals surface area contributed by atoms with Crippen molar-refractivity contribution in [2.45, 2.75) is 85.6 Å². The van der Waals surface area contributed by atoms with Crippen molar-refractivity contribution in [3.8, 4) is 28.7 Å². The third-order valence-electron chi connectivity index (χ3n) is 24.0. The largest absolute Gasteiger partial charge is 0.512 e. The summed E-state index contributed by atoms with van der Waals surface area (Å²) in [7, 11) is 0. The van der Waals surface area contributed by atoms with E-state index >= 15 is 0 Å². The maximum Gasteiger partial charge on any atom is 0.317 e. The number of benzene rings is 5. The normalized spacial score (nSPS) is 18.0. The maximum atomic E-state index is 11.5. The summed E-state index contributed by atoms with van der Waals surface area (Å²) in [6, 6.07) is 35.1. The minimum absolute atomic E-state index is 0.00679. The first kappa shape index (κ1) is 120. The van der Waals surface area contributed by atoms with Crippen LogP contribution in [0, 0.1) is 5.92 Å². The van der Waals surface area contributed by atoms with Crippen LogP contribution in [-0.2, 0) is 33.6 Å². The van der Waals surface area contributed by atoms with Crippen LogP contribution in [0.25, 0.3) is 0 Å². The van der Waals surface area contributed by atoms with Gasteiger partial charge in [-0.3, -0.25) is 117 Å². The minimum atomic E-state index is -0.989. The van der Waals surface area contributed by atoms with Crippen LogP contribution < -0.4 is 10.6 Å². The molecule has 4 saturated heterocycles. The van der Waals surface area contributed by atoms with Gasteiger partial charge in [0.1, 0.15) is 28.7 Å². The number of aliphatic imine (C=N–C) groups is 4. The topological polar surface area (TPSA) is 518 Å². The van der Waals surface area contributed by atoms with Gasteiger partial charge in [-0.2, -0.15) is 0 Å². The molecule has 1 atom stereocenters. The monoisotopic (exact) mass is 1970 g/mol. The maximum absolute atomic E-state index is 11.5. The van der Waals surface area contributed by atoms with Gasteiger partial charge in [0.15, 0.2) is 0 Å². The molecule has 4 fully saturated rings. The number of nitrogens with one attached hydrogen (secondary N) is 2. The third kappa shape index (κ3) is 50.7. The number of carboxylic acid groups (broad SMARTS) is 7. The quantitative estimate of drug-likeness (QED) is 0.0130. The standard InChI is InChI=1S/C30H36N4O3.C20H36N4O7.C20H26N4O2.C18H34N4O5.C13H25N3O4/c1-22(2)23-11-12-26(29(37)19-23)30-33(15-13-31-20-24-7-3-5-9-27(24)35)17-18-34(30)16-14-32-21-25-8-4-6-10-28(25)36;1-15(2)17-11-23(13-19(28)29)7-6-22(12-18(26)27)5-4-21(10-16(3)25)8-9-24(17)14-20(30)31;25-19-7-3-1-5-17(19)15-23-13-11-21-9-10-22-12-14-24-16-18-6-2-4-8-20(18)26;1-15(2)22-10-8-19(12-16(3)23)4-5-20(13-17(24)25)6-7-21(9-11-22)14-18(26)27;1-11(2)16-7-5-14(9-12(17)18)3-4-15(6-8-16)10-13(19)20/h3-12,19-22,30,35-37H,13-18H2,1-2H3;15,17,25H,3-14H2,1-2H3,(H,26,27)(H,28,29)(H,30,31);1-8,15-16,21-22,25-26H,9-14H2;15,23H,3-14H2,1-2H3,(H,24,25)(H,26,27);11H,3-10H2,1-2H3,(H,17,18)(H,19,20). The van der Waals surface area contributed by atoms with Crippen LogP contribution in [-0.4, -0.2) is 495 Å². The molecule has 4 aliphatic heterocycles. The van der Waals surface area contributed by atoms with E-state index in [1.54, 1.807) is 83.2 Å². The van der Waals surface area contributed by atoms with Crippen LogP contribution in [0.2, 0.25) is 0 Å². The highest BCUT2D eigenvalue weighted by molar-refractivity contribution is 5.85. The van der Waals surface area contributed by atoms with E-state index < -0.39 is 41.8 Å². The van der Waals surface area contributed by atoms with Crippen molar-refractivity contribution in [2.75, 3.05) is 275 Å². The molecule has 4 aliphatic rings. The Morgan fingerprint density at radius 2 is 0.596 bits per heavy atom. The zero-order valence-electron chi connectivity index (χ0n) is 83.6. The van der Waals surface area contributed by atoms with Crippen molar-refractivity contribution in [2.24, 2.45) is 25.9 Å². The molecule has 141 heavy (non-hydrogen) atoms. The number of phenols is 5. The number of carboxylic acids is 7. The zero-order valence-corrected chi connectivity index (χ0v) is 83.6. The van der Waals surface area contributed by atoms with Gasteiger partial charge in [-0.1, -0.05) is 102 Å². The molecule has 0 aliphatic carbocycles. The van der Waals surface area contributed by atoms with Gasteiger partial charge in [0.25, 0.3) is 0 Å². The molecule has 0 spiro atoms. The fourth-order valence-electron chi connectivity index (χ4n) is 16.2. The molecule has 40 heteroatoms. The van der Waals surface area contributed by atoms with Crippen molar-refractivity contribution < 1.29 is 105 Å². The Morgan fingerprint density at radius 3 is 0.872 bits per heavy atom. The SMILES string of the molecule is C=C(O)CN1CCN(CC(=O)O)CCN(CC(=O)O)CC(C(C)C)N(CC(=O)O)CC1.C=C(O)CN1CCN(CC(=O)O)CCN(CC(=O)O)CCN(C(C)C)CC1.CC(C)N1CCN(CC(=O)O)CCN(CC(=O)O)CC1.CC(C)c1ccc(C2N(CCN=Cc3ccccc3O)CCN2CCN=Cc2ccccc2O)c(O)c1.Oc1ccccc1C=NCCNCCNCCN=Cc1ccccc1O. The summed E-state index contributed by atoms with van der Waals surface area (Å²) in [4.78, 5) is 122. The van der Waals surface area contributed by atoms with Gasteiger partial charge >= 0.3 is 41.8 Å². The van der Waals surface area contributed by atoms with E-state index in [0.717, 1.165) is 107 Å². The molecule has 0 aromatic heterocycles. The summed E-state index contributed by atoms with van der Waals surface area (Å²) in [5.41, 5.74) is 4.86. The molecule has 0 saturated carbocycles. The molecule has 5 aromatic carbocycles. The second-order valence-electron chi connectivity index (χ2n) is 36.4. The molecule has 782 valence electrons. The van der Waals surface area contributed by atoms with Crippen LogP contribution in [0.4, 0.5) is 0 Å². The van der Waals surface area contributed by atoms with E-state index in [2.05, 4.69) is 116 Å². The molecular formula is C101H157N19O21. The number of carbonyl (C=O) groups is 7. The smallest absolute Gasteiger partial charge is 0.317 e. The van der Waals surface area contributed by atoms with Crippen molar-refractivity contribution in [3.05, 3.63) is 173 Å². The number of rotatable bonds is 42. The Balaban J connectivity index is 0.000000315. The predicted molar refractivity (Wildman–Crippen MR) is 548 cm³/mol. The number of para-hydroxylation sites is 4. The van der Waals surface area contributed by atoms with E-state index in [1.807, 2.05) is 104 Å². The minimum Gasteiger partial charge on any atom is -0.512 e. The fourth-order valence-corrected chi connectivity index (χ4v) is 16.2. The summed E-state index contributed by atoms with van der Waals surface area (Å²) in [6.07, 6.45) is 6.72. The lowest BCUT2D eigenvalue weighted by Crippen LogP contribution is -2.54. The Kier molecular flexibility index (Phi) is 57.1. The molecule has 0 amide bonds. The first-order valence-corrected chi connectivity index (χ1v) is 48.3. The van der Waals surface area contributed by atoms with Gasteiger partial charge in [-0.15, -0.1) is 0 Å². The van der Waals surface area contributed by atoms with Crippen LogP contribution in [0.5, 0.6) is 28.7 Å². The Bertz CT molecular complexity index is 4510. The highest BCUT2D eigenvalue weighted by atomic mass is 16.4. The van der Waals surface area contributed by atoms with Gasteiger partial charge in [0.2, 0.25) is 0 Å². The molecule has 4 heterocycles. The fraction of sp³-hybridized carbons (Fsp3) is 0.554. The van der Waals surface area contributed by atoms with Gasteiger partial charge < -0.3 is 82.1 Å². The summed E-state index contributed by atoms with van der Waals surface area (Å²) in [6.45, 7) is 44.4. The number of aliphatic carboxylic acids is 7. The van der Waals surface area contributed by atoms with Crippen LogP contribution in [0.15, 0.2) is 160 Å². The highest BCUT2D eigenvalue weighted by Crippen LogP contribution is 2.37. The lowest BCUT2D eigenvalue weighted by molar-refractivity contribution is -0.141. The van der Waals surface area contributed by atoms with E-state index in [0.29, 0.717) is 172 Å².